The third-order valence-corrected chi connectivity index (χ3v) is 7.42. The van der Waals surface area contributed by atoms with E-state index in [1.165, 1.54) is 58.2 Å². The molecule has 0 N–H and O–H groups in total. The van der Waals surface area contributed by atoms with Crippen LogP contribution in [-0.4, -0.2) is 22.0 Å². The predicted molar refractivity (Wildman–Crippen MR) is 137 cm³/mol. The lowest BCUT2D eigenvalue weighted by Crippen LogP contribution is -2.24. The minimum absolute atomic E-state index is 0.0489. The lowest BCUT2D eigenvalue weighted by molar-refractivity contribution is -0.384. The minimum Gasteiger partial charge on any atom is -0.266 e. The highest BCUT2D eigenvalue weighted by Gasteiger charge is 2.23. The first kappa shape index (κ1) is 22.3. The number of benzene rings is 3. The van der Waals surface area contributed by atoms with Gasteiger partial charge in [0.1, 0.15) is 5.82 Å². The van der Waals surface area contributed by atoms with E-state index in [1.807, 2.05) is 18.2 Å². The summed E-state index contributed by atoms with van der Waals surface area (Å²) in [5, 5.41) is 17.6. The average molecular weight is 555 g/mol. The number of hydrazone groups is 1. The Kier molecular flexibility index (Phi) is 5.90. The van der Waals surface area contributed by atoms with Crippen LogP contribution in [0.4, 0.5) is 15.2 Å². The van der Waals surface area contributed by atoms with Crippen LogP contribution in [0.3, 0.4) is 0 Å². The smallest absolute Gasteiger partial charge is 0.266 e. The van der Waals surface area contributed by atoms with Gasteiger partial charge in [-0.1, -0.05) is 39.4 Å². The molecule has 0 atom stereocenters. The molecule has 0 saturated carbocycles. The van der Waals surface area contributed by atoms with Crippen LogP contribution >= 0.6 is 38.6 Å². The average Bonchev–Trinajstić information content (AvgIpc) is 3.43. The molecule has 2 heterocycles. The Hall–Kier alpha value is -3.54. The van der Waals surface area contributed by atoms with Crippen LogP contribution in [0, 0.1) is 15.9 Å². The van der Waals surface area contributed by atoms with Gasteiger partial charge in [-0.25, -0.2) is 9.37 Å². The molecule has 5 aromatic rings. The number of carbonyl (C=O) groups is 1. The van der Waals surface area contributed by atoms with Crippen molar-refractivity contribution in [1.29, 1.82) is 0 Å². The molecule has 0 saturated heterocycles. The molecular formula is C23H12BrFN4O3S2. The lowest BCUT2D eigenvalue weighted by atomic mass is 10.2. The fourth-order valence-electron chi connectivity index (χ4n) is 3.19. The lowest BCUT2D eigenvalue weighted by Gasteiger charge is -2.12. The maximum Gasteiger partial charge on any atom is 0.290 e. The SMILES string of the molecule is O=C(c1cc2cc([N+](=O)[O-])ccc2s1)N(/N=C/c1ccc(F)cc1)c1nc2ccc(Br)cc2s1. The van der Waals surface area contributed by atoms with Gasteiger partial charge < -0.3 is 0 Å². The number of nitro benzene ring substituents is 1. The number of anilines is 1. The summed E-state index contributed by atoms with van der Waals surface area (Å²) in [5.41, 5.74) is 1.27. The van der Waals surface area contributed by atoms with E-state index in [-0.39, 0.29) is 11.5 Å². The van der Waals surface area contributed by atoms with Crippen molar-refractivity contribution in [3.8, 4) is 0 Å². The molecule has 34 heavy (non-hydrogen) atoms. The number of amides is 1. The Labute approximate surface area is 208 Å². The van der Waals surface area contributed by atoms with Gasteiger partial charge in [0.05, 0.1) is 26.2 Å². The molecule has 0 aliphatic rings. The van der Waals surface area contributed by atoms with E-state index < -0.39 is 10.8 Å². The predicted octanol–water partition coefficient (Wildman–Crippen LogP) is 7.00. The summed E-state index contributed by atoms with van der Waals surface area (Å²) in [6, 6.07) is 17.4. The molecule has 168 valence electrons. The van der Waals surface area contributed by atoms with Crippen LogP contribution in [0.15, 0.2) is 76.3 Å². The molecule has 2 aromatic heterocycles. The Morgan fingerprint density at radius 1 is 1.06 bits per heavy atom. The largest absolute Gasteiger partial charge is 0.290 e. The van der Waals surface area contributed by atoms with Crippen LogP contribution < -0.4 is 5.01 Å². The molecule has 11 heteroatoms. The van der Waals surface area contributed by atoms with Crippen LogP contribution in [0.5, 0.6) is 0 Å². The van der Waals surface area contributed by atoms with Crippen LogP contribution in [0.2, 0.25) is 0 Å². The van der Waals surface area contributed by atoms with Gasteiger partial charge in [-0.05, 0) is 48.0 Å². The Bertz CT molecular complexity index is 1600. The highest BCUT2D eigenvalue weighted by Crippen LogP contribution is 2.34. The van der Waals surface area contributed by atoms with Crippen molar-refractivity contribution in [2.24, 2.45) is 5.10 Å². The normalized spacial score (nSPS) is 11.5. The number of aromatic nitrogens is 1. The number of carbonyl (C=O) groups excluding carboxylic acids is 1. The van der Waals surface area contributed by atoms with Crippen molar-refractivity contribution in [2.75, 3.05) is 5.01 Å². The maximum absolute atomic E-state index is 13.5. The van der Waals surface area contributed by atoms with E-state index in [0.29, 0.717) is 26.5 Å². The van der Waals surface area contributed by atoms with Crippen molar-refractivity contribution in [2.45, 2.75) is 0 Å². The highest BCUT2D eigenvalue weighted by atomic mass is 79.9. The van der Waals surface area contributed by atoms with E-state index in [1.54, 1.807) is 24.3 Å². The fraction of sp³-hybridized carbons (Fsp3) is 0. The molecule has 1 amide bonds. The van der Waals surface area contributed by atoms with Gasteiger partial charge in [-0.15, -0.1) is 11.3 Å². The summed E-state index contributed by atoms with van der Waals surface area (Å²) in [6.45, 7) is 0. The number of halogens is 2. The standard InChI is InChI=1S/C23H12BrFN4O3S2/c24-15-3-7-18-20(11-15)34-23(27-18)28(26-12-13-1-4-16(25)5-2-13)22(30)21-10-14-9-17(29(31)32)6-8-19(14)33-21/h1-12H/b26-12+. The zero-order chi connectivity index (χ0) is 23.8. The number of rotatable bonds is 5. The van der Waals surface area contributed by atoms with E-state index in [2.05, 4.69) is 26.0 Å². The van der Waals surface area contributed by atoms with Crippen molar-refractivity contribution >= 4 is 81.8 Å². The first-order valence-electron chi connectivity index (χ1n) is 9.75. The molecule has 0 aliphatic heterocycles. The van der Waals surface area contributed by atoms with Crippen LogP contribution in [0.1, 0.15) is 15.2 Å². The topological polar surface area (TPSA) is 88.7 Å². The zero-order valence-corrected chi connectivity index (χ0v) is 20.2. The van der Waals surface area contributed by atoms with Crippen molar-refractivity contribution in [1.82, 2.24) is 4.98 Å². The molecule has 0 unspecified atom stereocenters. The number of nitro groups is 1. The van der Waals surface area contributed by atoms with Gasteiger partial charge in [0.15, 0.2) is 0 Å². The van der Waals surface area contributed by atoms with Gasteiger partial charge in [0, 0.05) is 26.7 Å². The molecule has 0 fully saturated rings. The maximum atomic E-state index is 13.5. The van der Waals surface area contributed by atoms with Gasteiger partial charge in [-0.3, -0.25) is 14.9 Å². The summed E-state index contributed by atoms with van der Waals surface area (Å²) >= 11 is 5.95. The minimum atomic E-state index is -0.475. The summed E-state index contributed by atoms with van der Waals surface area (Å²) in [4.78, 5) is 29.1. The van der Waals surface area contributed by atoms with Gasteiger partial charge in [0.2, 0.25) is 5.13 Å². The van der Waals surface area contributed by atoms with Crippen molar-refractivity contribution in [3.63, 3.8) is 0 Å². The zero-order valence-electron chi connectivity index (χ0n) is 17.0. The number of fused-ring (bicyclic) bond motifs is 2. The second-order valence-electron chi connectivity index (χ2n) is 7.11. The number of non-ortho nitro benzene ring substituents is 1. The number of thiophene rings is 1. The molecule has 0 spiro atoms. The summed E-state index contributed by atoms with van der Waals surface area (Å²) in [6.07, 6.45) is 1.46. The van der Waals surface area contributed by atoms with Gasteiger partial charge >= 0.3 is 0 Å². The Morgan fingerprint density at radius 3 is 2.62 bits per heavy atom. The fourth-order valence-corrected chi connectivity index (χ4v) is 5.64. The number of nitrogens with zero attached hydrogens (tertiary/aromatic N) is 4. The quantitative estimate of drug-likeness (QED) is 0.133. The molecular weight excluding hydrogens is 543 g/mol. The first-order chi connectivity index (χ1) is 16.4. The molecule has 5 rings (SSSR count). The van der Waals surface area contributed by atoms with Crippen LogP contribution in [0.25, 0.3) is 20.3 Å². The third-order valence-electron chi connectivity index (χ3n) is 4.83. The second-order valence-corrected chi connectivity index (χ2v) is 10.1. The van der Waals surface area contributed by atoms with Crippen molar-refractivity contribution in [3.05, 3.63) is 97.6 Å². The molecule has 0 aliphatic carbocycles. The van der Waals surface area contributed by atoms with E-state index in [9.17, 15) is 19.3 Å². The Balaban J connectivity index is 1.57. The summed E-state index contributed by atoms with van der Waals surface area (Å²) in [7, 11) is 0. The van der Waals surface area contributed by atoms with E-state index in [0.717, 1.165) is 13.9 Å². The van der Waals surface area contributed by atoms with E-state index >= 15 is 0 Å². The number of hydrogen-bond donors (Lipinski definition) is 0. The van der Waals surface area contributed by atoms with Gasteiger partial charge in [-0.2, -0.15) is 10.1 Å². The number of thiazole rings is 1. The Morgan fingerprint density at radius 2 is 1.85 bits per heavy atom. The second kappa shape index (κ2) is 9.01. The molecule has 3 aromatic carbocycles. The molecule has 0 radical (unpaired) electrons. The first-order valence-corrected chi connectivity index (χ1v) is 12.2. The van der Waals surface area contributed by atoms with Crippen molar-refractivity contribution < 1.29 is 14.1 Å². The molecule has 7 nitrogen and oxygen atoms in total. The van der Waals surface area contributed by atoms with E-state index in [4.69, 9.17) is 0 Å². The summed E-state index contributed by atoms with van der Waals surface area (Å²) in [5.74, 6) is -0.804. The van der Waals surface area contributed by atoms with Gasteiger partial charge in [0.25, 0.3) is 11.6 Å². The number of hydrogen-bond acceptors (Lipinski definition) is 7. The summed E-state index contributed by atoms with van der Waals surface area (Å²) < 4.78 is 15.8. The monoisotopic (exact) mass is 554 g/mol. The third kappa shape index (κ3) is 4.45. The van der Waals surface area contributed by atoms with Crippen LogP contribution in [-0.2, 0) is 0 Å². The highest BCUT2D eigenvalue weighted by molar-refractivity contribution is 9.10. The molecule has 0 bridgehead atoms.